The van der Waals surface area contributed by atoms with Crippen LogP contribution < -0.4 is 19.8 Å². The summed E-state index contributed by atoms with van der Waals surface area (Å²) in [7, 11) is 0. The Morgan fingerprint density at radius 3 is 2.08 bits per heavy atom. The van der Waals surface area contributed by atoms with E-state index in [9.17, 15) is 2.74 Å². The van der Waals surface area contributed by atoms with Crippen LogP contribution >= 0.6 is 0 Å². The van der Waals surface area contributed by atoms with Gasteiger partial charge in [-0.2, -0.15) is 12.1 Å². The first-order valence-electron chi connectivity index (χ1n) is 31.3. The van der Waals surface area contributed by atoms with E-state index in [-0.39, 0.29) is 50.7 Å². The van der Waals surface area contributed by atoms with Crippen LogP contribution in [0.15, 0.2) is 218 Å². The molecular weight excluding hydrogens is 1100 g/mol. The van der Waals surface area contributed by atoms with E-state index in [1.54, 1.807) is 42.5 Å². The molecule has 6 nitrogen and oxygen atoms in total. The fourth-order valence-electron chi connectivity index (χ4n) is 9.96. The molecule has 0 atom stereocenters. The van der Waals surface area contributed by atoms with E-state index in [0.29, 0.717) is 54.2 Å². The molecule has 1 aliphatic rings. The van der Waals surface area contributed by atoms with Gasteiger partial charge in [-0.3, -0.25) is 0 Å². The fourth-order valence-corrected chi connectivity index (χ4v) is 11.0. The zero-order valence-corrected chi connectivity index (χ0v) is 43.2. The number of ether oxygens (including phenoxy) is 1. The Morgan fingerprint density at radius 1 is 0.613 bits per heavy atom. The van der Waals surface area contributed by atoms with Crippen molar-refractivity contribution < 1.29 is 43.3 Å². The molecule has 0 saturated heterocycles. The van der Waals surface area contributed by atoms with Crippen LogP contribution in [0.25, 0.3) is 55.8 Å². The Morgan fingerprint density at radius 2 is 1.32 bits per heavy atom. The zero-order valence-electron chi connectivity index (χ0n) is 54.9. The van der Waals surface area contributed by atoms with Gasteiger partial charge in [-0.25, -0.2) is 0 Å². The molecule has 0 amide bonds. The van der Waals surface area contributed by atoms with Gasteiger partial charge >= 0.3 is 388 Å². The Labute approximate surface area is 471 Å². The number of anilines is 4. The number of para-hydroxylation sites is 4. The van der Waals surface area contributed by atoms with Crippen LogP contribution in [0.2, 0.25) is 0 Å². The van der Waals surface area contributed by atoms with Crippen LogP contribution in [-0.4, -0.2) is 21.1 Å². The molecule has 0 unspecified atom stereocenters. The molecule has 368 valence electrons. The molecule has 0 fully saturated rings. The second-order valence-corrected chi connectivity index (χ2v) is 20.3. The molecule has 0 N–H and O–H groups in total. The molecular formula is C67H54BN5OPt-2. The number of imidazole rings is 1. The van der Waals surface area contributed by atoms with Crippen LogP contribution in [0, 0.1) is 36.5 Å². The summed E-state index contributed by atoms with van der Waals surface area (Å²) >= 11 is 2.14. The third-order valence-corrected chi connectivity index (χ3v) is 14.4. The normalized spacial score (nSPS) is 15.6. The van der Waals surface area contributed by atoms with Gasteiger partial charge in [0.1, 0.15) is 0 Å². The first-order valence-corrected chi connectivity index (χ1v) is 25.4. The maximum absolute atomic E-state index is 9.39. The van der Waals surface area contributed by atoms with Gasteiger partial charge in [-0.15, -0.1) is 6.07 Å². The molecule has 3 heterocycles. The third kappa shape index (κ3) is 8.96. The third-order valence-electron chi connectivity index (χ3n) is 13.3. The number of hydrogen-bond acceptors (Lipinski definition) is 4. The molecule has 1 aliphatic heterocycles. The van der Waals surface area contributed by atoms with Gasteiger partial charge in [0.25, 0.3) is 0 Å². The SMILES string of the molecule is [2H]c1c([2H])c([2H])c(-c2cc(C([2H])([2H])[2H])cc(-c3cccc(C(C)(C)C)c3)c2-n2[c](=[Pt])n(-c3[c-]c(Oc4cc(C([2H])([2H])[2H])cc(N5B(c6ccccc6)N(c6ccccc6)c6ccc[c-]c65)n4)cc(-c4ccccc4C([2H])([2H])[2H])c3)c3ccccc32)c([2H])c1[2H]. The number of hydrogen-bond donors (Lipinski definition) is 0. The Hall–Kier alpha value is -8.25. The topological polar surface area (TPSA) is 38.5 Å². The number of nitrogens with zero attached hydrogens (tertiary/aromatic N) is 5. The van der Waals surface area contributed by atoms with E-state index in [2.05, 4.69) is 57.1 Å². The van der Waals surface area contributed by atoms with E-state index in [0.717, 1.165) is 22.4 Å². The molecule has 0 aliphatic carbocycles. The second-order valence-electron chi connectivity index (χ2n) is 19.2. The van der Waals surface area contributed by atoms with Crippen molar-refractivity contribution >= 4 is 46.4 Å². The summed E-state index contributed by atoms with van der Waals surface area (Å²) in [6.45, 7) is -2.43. The molecule has 11 aromatic rings. The van der Waals surface area contributed by atoms with E-state index < -0.39 is 57.8 Å². The van der Waals surface area contributed by atoms with E-state index in [1.807, 2.05) is 135 Å². The van der Waals surface area contributed by atoms with Crippen molar-refractivity contribution in [2.24, 2.45) is 0 Å². The molecule has 9 aromatic carbocycles. The summed E-state index contributed by atoms with van der Waals surface area (Å²) in [4.78, 5) is 9.21. The van der Waals surface area contributed by atoms with Crippen molar-refractivity contribution in [3.63, 3.8) is 0 Å². The quantitative estimate of drug-likeness (QED) is 0.101. The van der Waals surface area contributed by atoms with Gasteiger partial charge in [-0.05, 0) is 12.1 Å². The molecule has 2 aromatic heterocycles. The van der Waals surface area contributed by atoms with Crippen molar-refractivity contribution in [2.75, 3.05) is 9.62 Å². The van der Waals surface area contributed by atoms with Crippen molar-refractivity contribution in [1.29, 1.82) is 0 Å². The molecule has 0 saturated carbocycles. The van der Waals surface area contributed by atoms with E-state index in [1.165, 1.54) is 24.3 Å². The summed E-state index contributed by atoms with van der Waals surface area (Å²) in [6, 6.07) is 60.0. The number of pyridine rings is 1. The number of benzene rings is 9. The van der Waals surface area contributed by atoms with Crippen LogP contribution in [0.4, 0.5) is 22.9 Å². The molecule has 75 heavy (non-hydrogen) atoms. The molecule has 12 rings (SSSR count). The predicted octanol–water partition coefficient (Wildman–Crippen LogP) is 16.2. The molecule has 0 radical (unpaired) electrons. The van der Waals surface area contributed by atoms with Crippen molar-refractivity contribution in [2.45, 2.75) is 46.7 Å². The van der Waals surface area contributed by atoms with E-state index in [4.69, 9.17) is 26.2 Å². The minimum absolute atomic E-state index is 0.0137. The van der Waals surface area contributed by atoms with E-state index >= 15 is 0 Å². The van der Waals surface area contributed by atoms with Gasteiger partial charge in [0, 0.05) is 5.69 Å². The van der Waals surface area contributed by atoms with Crippen LogP contribution in [0.5, 0.6) is 11.6 Å². The first kappa shape index (κ1) is 34.3. The number of rotatable bonds is 10. The van der Waals surface area contributed by atoms with Gasteiger partial charge in [0.05, 0.1) is 0 Å². The summed E-state index contributed by atoms with van der Waals surface area (Å²) in [5, 5.41) is 0. The zero-order chi connectivity index (χ0) is 63.2. The summed E-state index contributed by atoms with van der Waals surface area (Å²) in [5.41, 5.74) is 6.67. The van der Waals surface area contributed by atoms with Crippen LogP contribution in [0.1, 0.15) is 62.2 Å². The average Bonchev–Trinajstić information content (AvgIpc) is 1.70. The Bertz CT molecular complexity index is 4630. The van der Waals surface area contributed by atoms with Gasteiger partial charge in [0.2, 0.25) is 0 Å². The summed E-state index contributed by atoms with van der Waals surface area (Å²) in [6.07, 6.45) is 0. The monoisotopic (exact) mass is 1160 g/mol. The summed E-state index contributed by atoms with van der Waals surface area (Å²) < 4.78 is 135. The summed E-state index contributed by atoms with van der Waals surface area (Å²) in [5.74, 6) is 0.116. The standard InChI is InChI=1S/C67H54BN5O.Pt/c1-46-37-58(49-24-10-7-11-25-49)66(59(38-46)50-26-22-27-52(41-50)67(4,5)6)71-45-70(60-33-18-19-34-61(60)71)55-42-51(57-32-17-16-23-48(57)3)43-56(44-55)74-65-40-47(2)39-64(69-65)73-63-36-21-20-35-62(63)72(54-30-14-9-15-31-54)68(73)53-28-12-8-13-29-53;/h7-35,37-43H,1-6H3;/q-2;/i1D3,2D3,3D3,7D,10D,11D,24D,25D;. The molecule has 0 spiro atoms. The maximum atomic E-state index is 9.39. The van der Waals surface area contributed by atoms with Crippen LogP contribution in [-0.2, 0) is 24.8 Å². The van der Waals surface area contributed by atoms with Crippen molar-refractivity contribution in [3.05, 3.63) is 256 Å². The molecule has 8 heteroatoms. The van der Waals surface area contributed by atoms with Crippen molar-refractivity contribution in [3.8, 4) is 56.4 Å². The Kier molecular flexibility index (Phi) is 8.94. The predicted molar refractivity (Wildman–Crippen MR) is 306 cm³/mol. The Balaban J connectivity index is 1.13. The van der Waals surface area contributed by atoms with Gasteiger partial charge < -0.3 is 0 Å². The number of fused-ring (bicyclic) bond motifs is 2. The minimum atomic E-state index is -2.73. The van der Waals surface area contributed by atoms with Crippen LogP contribution in [0.3, 0.4) is 0 Å². The second kappa shape index (κ2) is 19.6. The fraction of sp³-hybridized carbons (Fsp3) is 0.104. The van der Waals surface area contributed by atoms with Gasteiger partial charge in [-0.1, -0.05) is 48.5 Å². The number of aromatic nitrogens is 3. The molecule has 0 bridgehead atoms. The van der Waals surface area contributed by atoms with Crippen molar-refractivity contribution in [1.82, 2.24) is 14.1 Å². The van der Waals surface area contributed by atoms with Gasteiger partial charge in [0.15, 0.2) is 0 Å². The number of aryl methyl sites for hydroxylation is 3. The average molecular weight is 1170 g/mol. The first-order chi connectivity index (χ1) is 42.2.